The van der Waals surface area contributed by atoms with Crippen LogP contribution in [0.3, 0.4) is 0 Å². The van der Waals surface area contributed by atoms with Gasteiger partial charge >= 0.3 is 0 Å². The summed E-state index contributed by atoms with van der Waals surface area (Å²) in [4.78, 5) is 2.72. The highest BCUT2D eigenvalue weighted by Crippen LogP contribution is 2.25. The maximum absolute atomic E-state index is 5.56. The Bertz CT molecular complexity index is 398. The van der Waals surface area contributed by atoms with Gasteiger partial charge in [0.2, 0.25) is 0 Å². The molecule has 0 unspecified atom stereocenters. The number of hydrogen-bond acceptors (Lipinski definition) is 3. The lowest BCUT2D eigenvalue weighted by molar-refractivity contribution is 0.321. The van der Waals surface area contributed by atoms with E-state index in [9.17, 15) is 0 Å². The SMILES string of the molecule is CCN(CC(N)=S)Cc1ccc(OC)c(Br)c1. The lowest BCUT2D eigenvalue weighted by Crippen LogP contribution is -2.32. The van der Waals surface area contributed by atoms with E-state index in [2.05, 4.69) is 33.8 Å². The van der Waals surface area contributed by atoms with Crippen molar-refractivity contribution in [3.63, 3.8) is 0 Å². The van der Waals surface area contributed by atoms with Gasteiger partial charge in [-0.15, -0.1) is 0 Å². The van der Waals surface area contributed by atoms with E-state index in [1.807, 2.05) is 12.1 Å². The average Bonchev–Trinajstić information content (AvgIpc) is 2.27. The Balaban J connectivity index is 2.73. The minimum atomic E-state index is 0.527. The van der Waals surface area contributed by atoms with E-state index in [0.29, 0.717) is 11.5 Å². The van der Waals surface area contributed by atoms with Gasteiger partial charge in [0.15, 0.2) is 0 Å². The van der Waals surface area contributed by atoms with Gasteiger partial charge in [0.05, 0.1) is 16.6 Å². The molecule has 1 aromatic carbocycles. The number of nitrogens with two attached hydrogens (primary N) is 1. The molecule has 0 amide bonds. The topological polar surface area (TPSA) is 38.5 Å². The molecule has 5 heteroatoms. The molecule has 0 radical (unpaired) electrons. The number of nitrogens with zero attached hydrogens (tertiary/aromatic N) is 1. The standard InChI is InChI=1S/C12H17BrN2OS/c1-3-15(8-12(14)17)7-9-4-5-11(16-2)10(13)6-9/h4-6H,3,7-8H2,1-2H3,(H2,14,17). The fourth-order valence-corrected chi connectivity index (χ4v) is 2.34. The molecule has 0 fully saturated rings. The van der Waals surface area contributed by atoms with Gasteiger partial charge in [0, 0.05) is 13.1 Å². The number of thiocarbonyl (C=S) groups is 1. The predicted octanol–water partition coefficient (Wildman–Crippen LogP) is 2.57. The second-order valence-corrected chi connectivity index (χ2v) is 5.12. The molecule has 0 aliphatic heterocycles. The number of ether oxygens (including phenoxy) is 1. The predicted molar refractivity (Wildman–Crippen MR) is 78.4 cm³/mol. The minimum Gasteiger partial charge on any atom is -0.496 e. The normalized spacial score (nSPS) is 10.6. The van der Waals surface area contributed by atoms with E-state index in [0.717, 1.165) is 23.3 Å². The van der Waals surface area contributed by atoms with Crippen molar-refractivity contribution in [2.24, 2.45) is 5.73 Å². The maximum Gasteiger partial charge on any atom is 0.133 e. The quantitative estimate of drug-likeness (QED) is 0.819. The first-order valence-electron chi connectivity index (χ1n) is 5.40. The van der Waals surface area contributed by atoms with Crippen LogP contribution in [0.2, 0.25) is 0 Å². The summed E-state index contributed by atoms with van der Waals surface area (Å²) in [6.45, 7) is 4.49. The second-order valence-electron chi connectivity index (χ2n) is 3.74. The van der Waals surface area contributed by atoms with Gasteiger partial charge in [-0.2, -0.15) is 0 Å². The third-order valence-electron chi connectivity index (χ3n) is 2.45. The van der Waals surface area contributed by atoms with Crippen LogP contribution in [-0.2, 0) is 6.54 Å². The summed E-state index contributed by atoms with van der Waals surface area (Å²) in [7, 11) is 1.66. The summed E-state index contributed by atoms with van der Waals surface area (Å²) < 4.78 is 6.16. The smallest absolute Gasteiger partial charge is 0.133 e. The molecule has 0 aliphatic rings. The second kappa shape index (κ2) is 6.93. The molecule has 94 valence electrons. The summed E-state index contributed by atoms with van der Waals surface area (Å²) >= 11 is 8.40. The van der Waals surface area contributed by atoms with Gasteiger partial charge in [0.25, 0.3) is 0 Å². The van der Waals surface area contributed by atoms with Crippen molar-refractivity contribution in [2.45, 2.75) is 13.5 Å². The first-order chi connectivity index (χ1) is 8.06. The Morgan fingerprint density at radius 2 is 2.24 bits per heavy atom. The van der Waals surface area contributed by atoms with Crippen molar-refractivity contribution in [1.29, 1.82) is 0 Å². The monoisotopic (exact) mass is 316 g/mol. The maximum atomic E-state index is 5.56. The van der Waals surface area contributed by atoms with Crippen LogP contribution in [0.15, 0.2) is 22.7 Å². The fourth-order valence-electron chi connectivity index (χ4n) is 1.57. The Labute approximate surface area is 116 Å². The van der Waals surface area contributed by atoms with Crippen LogP contribution >= 0.6 is 28.1 Å². The molecule has 0 aliphatic carbocycles. The van der Waals surface area contributed by atoms with Crippen LogP contribution in [-0.4, -0.2) is 30.1 Å². The van der Waals surface area contributed by atoms with Crippen molar-refractivity contribution >= 4 is 33.1 Å². The number of likely N-dealkylation sites (N-methyl/N-ethyl adjacent to an activating group) is 1. The molecule has 0 aromatic heterocycles. The number of methoxy groups -OCH3 is 1. The zero-order valence-electron chi connectivity index (χ0n) is 10.1. The zero-order valence-corrected chi connectivity index (χ0v) is 12.5. The van der Waals surface area contributed by atoms with Crippen molar-refractivity contribution in [1.82, 2.24) is 4.90 Å². The van der Waals surface area contributed by atoms with E-state index < -0.39 is 0 Å². The van der Waals surface area contributed by atoms with Crippen molar-refractivity contribution in [3.05, 3.63) is 28.2 Å². The largest absolute Gasteiger partial charge is 0.496 e. The van der Waals surface area contributed by atoms with Crippen LogP contribution in [0, 0.1) is 0 Å². The van der Waals surface area contributed by atoms with Gasteiger partial charge in [-0.1, -0.05) is 25.2 Å². The van der Waals surface area contributed by atoms with Gasteiger partial charge in [-0.05, 0) is 40.2 Å². The van der Waals surface area contributed by atoms with E-state index in [-0.39, 0.29) is 0 Å². The number of rotatable bonds is 6. The van der Waals surface area contributed by atoms with E-state index >= 15 is 0 Å². The Morgan fingerprint density at radius 1 is 1.53 bits per heavy atom. The Kier molecular flexibility index (Phi) is 5.88. The summed E-state index contributed by atoms with van der Waals surface area (Å²) in [6, 6.07) is 6.06. The molecule has 1 aromatic rings. The van der Waals surface area contributed by atoms with Crippen molar-refractivity contribution < 1.29 is 4.74 Å². The van der Waals surface area contributed by atoms with Crippen molar-refractivity contribution in [2.75, 3.05) is 20.2 Å². The first kappa shape index (κ1) is 14.4. The lowest BCUT2D eigenvalue weighted by atomic mass is 10.2. The first-order valence-corrected chi connectivity index (χ1v) is 6.60. The summed E-state index contributed by atoms with van der Waals surface area (Å²) in [6.07, 6.45) is 0. The minimum absolute atomic E-state index is 0.527. The van der Waals surface area contributed by atoms with E-state index in [4.69, 9.17) is 22.7 Å². The van der Waals surface area contributed by atoms with Gasteiger partial charge < -0.3 is 10.5 Å². The van der Waals surface area contributed by atoms with Gasteiger partial charge in [0.1, 0.15) is 5.75 Å². The van der Waals surface area contributed by atoms with Gasteiger partial charge in [-0.3, -0.25) is 4.90 Å². The van der Waals surface area contributed by atoms with Crippen LogP contribution in [0.25, 0.3) is 0 Å². The molecular formula is C12H17BrN2OS. The molecule has 0 spiro atoms. The Hall–Kier alpha value is -0.650. The van der Waals surface area contributed by atoms with E-state index in [1.54, 1.807) is 7.11 Å². The van der Waals surface area contributed by atoms with Gasteiger partial charge in [-0.25, -0.2) is 0 Å². The highest BCUT2D eigenvalue weighted by atomic mass is 79.9. The van der Waals surface area contributed by atoms with Crippen LogP contribution < -0.4 is 10.5 Å². The summed E-state index contributed by atoms with van der Waals surface area (Å²) in [5.74, 6) is 0.839. The van der Waals surface area contributed by atoms with Crippen LogP contribution in [0.4, 0.5) is 0 Å². The summed E-state index contributed by atoms with van der Waals surface area (Å²) in [5.41, 5.74) is 6.76. The van der Waals surface area contributed by atoms with E-state index in [1.165, 1.54) is 5.56 Å². The third kappa shape index (κ3) is 4.61. The lowest BCUT2D eigenvalue weighted by Gasteiger charge is -2.20. The van der Waals surface area contributed by atoms with Crippen LogP contribution in [0.5, 0.6) is 5.75 Å². The number of hydrogen-bond donors (Lipinski definition) is 1. The summed E-state index contributed by atoms with van der Waals surface area (Å²) in [5, 5.41) is 0. The molecule has 0 atom stereocenters. The highest BCUT2D eigenvalue weighted by molar-refractivity contribution is 9.10. The van der Waals surface area contributed by atoms with Crippen LogP contribution in [0.1, 0.15) is 12.5 Å². The molecule has 17 heavy (non-hydrogen) atoms. The number of benzene rings is 1. The molecule has 0 bridgehead atoms. The van der Waals surface area contributed by atoms with Crippen molar-refractivity contribution in [3.8, 4) is 5.75 Å². The third-order valence-corrected chi connectivity index (χ3v) is 3.20. The number of halogens is 1. The fraction of sp³-hybridized carbons (Fsp3) is 0.417. The molecule has 0 heterocycles. The molecular weight excluding hydrogens is 300 g/mol. The molecule has 2 N–H and O–H groups in total. The highest BCUT2D eigenvalue weighted by Gasteiger charge is 2.07. The molecule has 0 saturated carbocycles. The molecule has 3 nitrogen and oxygen atoms in total. The zero-order chi connectivity index (χ0) is 12.8. The average molecular weight is 317 g/mol. The molecule has 1 rings (SSSR count). The molecule has 0 saturated heterocycles. The Morgan fingerprint density at radius 3 is 2.71 bits per heavy atom.